The summed E-state index contributed by atoms with van der Waals surface area (Å²) < 4.78 is 14.9. The van der Waals surface area contributed by atoms with Gasteiger partial charge in [-0.05, 0) is 31.4 Å². The fourth-order valence-corrected chi connectivity index (χ4v) is 1.79. The van der Waals surface area contributed by atoms with E-state index < -0.39 is 0 Å². The summed E-state index contributed by atoms with van der Waals surface area (Å²) in [6.45, 7) is 1.75. The summed E-state index contributed by atoms with van der Waals surface area (Å²) in [7, 11) is 0. The van der Waals surface area contributed by atoms with Crippen molar-refractivity contribution >= 4 is 17.2 Å². The number of hydrogen-bond donors (Lipinski definition) is 0. The maximum absolute atomic E-state index is 13.5. The van der Waals surface area contributed by atoms with E-state index in [1.807, 2.05) is 0 Å². The lowest BCUT2D eigenvalue weighted by Gasteiger charge is -2.00. The van der Waals surface area contributed by atoms with Gasteiger partial charge in [0.2, 0.25) is 0 Å². The highest BCUT2D eigenvalue weighted by Gasteiger charge is 2.29. The van der Waals surface area contributed by atoms with Crippen LogP contribution in [0.5, 0.6) is 0 Å². The lowest BCUT2D eigenvalue weighted by atomic mass is 10.3. The van der Waals surface area contributed by atoms with E-state index in [2.05, 4.69) is 10.1 Å². The van der Waals surface area contributed by atoms with Crippen molar-refractivity contribution in [1.29, 1.82) is 0 Å². The van der Waals surface area contributed by atoms with Gasteiger partial charge in [0.1, 0.15) is 5.15 Å². The van der Waals surface area contributed by atoms with E-state index in [1.54, 1.807) is 6.92 Å². The summed E-state index contributed by atoms with van der Waals surface area (Å²) in [4.78, 5) is 4.17. The topological polar surface area (TPSA) is 30.2 Å². The number of pyridine rings is 1. The molecule has 2 heterocycles. The number of hydrogen-bond acceptors (Lipinski definition) is 2. The molecule has 0 spiro atoms. The van der Waals surface area contributed by atoms with Crippen LogP contribution in [0.4, 0.5) is 4.39 Å². The van der Waals surface area contributed by atoms with Crippen LogP contribution in [-0.2, 0) is 0 Å². The second kappa shape index (κ2) is 2.92. The minimum atomic E-state index is -0.365. The third-order valence-electron chi connectivity index (χ3n) is 2.63. The summed E-state index contributed by atoms with van der Waals surface area (Å²) in [5.41, 5.74) is 0.904. The van der Waals surface area contributed by atoms with Crippen molar-refractivity contribution in [1.82, 2.24) is 14.6 Å². The van der Waals surface area contributed by atoms with Crippen molar-refractivity contribution in [2.45, 2.75) is 25.7 Å². The van der Waals surface area contributed by atoms with Gasteiger partial charge in [0.15, 0.2) is 17.3 Å². The lowest BCUT2D eigenvalue weighted by Crippen LogP contribution is -1.95. The van der Waals surface area contributed by atoms with Gasteiger partial charge in [-0.1, -0.05) is 11.6 Å². The van der Waals surface area contributed by atoms with Crippen molar-refractivity contribution in [2.75, 3.05) is 0 Å². The normalized spacial score (nSPS) is 16.2. The Labute approximate surface area is 90.9 Å². The molecule has 0 saturated heterocycles. The molecule has 2 aromatic heterocycles. The molecule has 0 aromatic carbocycles. The van der Waals surface area contributed by atoms with Gasteiger partial charge in [-0.2, -0.15) is 4.52 Å². The van der Waals surface area contributed by atoms with E-state index >= 15 is 0 Å². The molecular formula is C10H9ClFN3. The monoisotopic (exact) mass is 225 g/mol. The summed E-state index contributed by atoms with van der Waals surface area (Å²) in [5, 5.41) is 4.67. The van der Waals surface area contributed by atoms with E-state index in [9.17, 15) is 4.39 Å². The van der Waals surface area contributed by atoms with Crippen LogP contribution in [0.25, 0.3) is 5.65 Å². The Morgan fingerprint density at radius 2 is 2.27 bits per heavy atom. The highest BCUT2D eigenvalue weighted by atomic mass is 35.5. The number of fused-ring (bicyclic) bond motifs is 1. The summed E-state index contributed by atoms with van der Waals surface area (Å²) in [6, 6.07) is 1.39. The third kappa shape index (κ3) is 1.32. The minimum absolute atomic E-state index is 0.229. The number of aryl methyl sites for hydroxylation is 1. The SMILES string of the molecule is Cc1cc(F)c2nc(C3CC3)nn2c1Cl. The van der Waals surface area contributed by atoms with Gasteiger partial charge in [-0.25, -0.2) is 9.37 Å². The summed E-state index contributed by atoms with van der Waals surface area (Å²) in [6.07, 6.45) is 2.18. The second-order valence-corrected chi connectivity index (χ2v) is 4.30. The van der Waals surface area contributed by atoms with Crippen LogP contribution in [0.15, 0.2) is 6.07 Å². The molecule has 2 aromatic rings. The average molecular weight is 226 g/mol. The second-order valence-electron chi connectivity index (χ2n) is 3.95. The van der Waals surface area contributed by atoms with E-state index in [1.165, 1.54) is 10.6 Å². The van der Waals surface area contributed by atoms with Crippen LogP contribution in [0.2, 0.25) is 5.15 Å². The van der Waals surface area contributed by atoms with Crippen molar-refractivity contribution in [2.24, 2.45) is 0 Å². The van der Waals surface area contributed by atoms with Crippen molar-refractivity contribution in [3.8, 4) is 0 Å². The molecule has 1 fully saturated rings. The first kappa shape index (κ1) is 9.09. The first-order valence-electron chi connectivity index (χ1n) is 4.88. The smallest absolute Gasteiger partial charge is 0.193 e. The van der Waals surface area contributed by atoms with Crippen LogP contribution < -0.4 is 0 Å². The maximum Gasteiger partial charge on any atom is 0.193 e. The molecule has 78 valence electrons. The van der Waals surface area contributed by atoms with E-state index in [-0.39, 0.29) is 11.5 Å². The van der Waals surface area contributed by atoms with Crippen molar-refractivity contribution in [3.05, 3.63) is 28.4 Å². The molecule has 1 aliphatic rings. The van der Waals surface area contributed by atoms with Crippen LogP contribution in [0, 0.1) is 12.7 Å². The summed E-state index contributed by atoms with van der Waals surface area (Å²) in [5.74, 6) is 0.748. The number of halogens is 2. The van der Waals surface area contributed by atoms with Crippen LogP contribution >= 0.6 is 11.6 Å². The quantitative estimate of drug-likeness (QED) is 0.699. The zero-order valence-corrected chi connectivity index (χ0v) is 8.92. The molecule has 0 radical (unpaired) electrons. The Balaban J connectivity index is 2.32. The Morgan fingerprint density at radius 1 is 1.53 bits per heavy atom. The zero-order chi connectivity index (χ0) is 10.6. The maximum atomic E-state index is 13.5. The Morgan fingerprint density at radius 3 is 2.93 bits per heavy atom. The van der Waals surface area contributed by atoms with Gasteiger partial charge < -0.3 is 0 Å². The van der Waals surface area contributed by atoms with Crippen LogP contribution in [0.3, 0.4) is 0 Å². The average Bonchev–Trinajstić information content (AvgIpc) is 2.94. The van der Waals surface area contributed by atoms with E-state index in [0.717, 1.165) is 12.8 Å². The van der Waals surface area contributed by atoms with Gasteiger partial charge in [0, 0.05) is 5.92 Å². The summed E-state index contributed by atoms with van der Waals surface area (Å²) >= 11 is 6.03. The van der Waals surface area contributed by atoms with Crippen LogP contribution in [-0.4, -0.2) is 14.6 Å². The van der Waals surface area contributed by atoms with Crippen molar-refractivity contribution in [3.63, 3.8) is 0 Å². The fraction of sp³-hybridized carbons (Fsp3) is 0.400. The standard InChI is InChI=1S/C10H9ClFN3/c1-5-4-7(12)10-13-9(6-2-3-6)14-15(10)8(5)11/h4,6H,2-3H2,1H3. The molecule has 0 aliphatic heterocycles. The molecule has 0 bridgehead atoms. The van der Waals surface area contributed by atoms with Gasteiger partial charge in [-0.3, -0.25) is 0 Å². The Bertz CT molecular complexity index is 545. The predicted molar refractivity (Wildman–Crippen MR) is 54.7 cm³/mol. The van der Waals surface area contributed by atoms with Gasteiger partial charge >= 0.3 is 0 Å². The molecule has 1 aliphatic carbocycles. The molecule has 0 unspecified atom stereocenters. The van der Waals surface area contributed by atoms with Crippen LogP contribution in [0.1, 0.15) is 30.1 Å². The Kier molecular flexibility index (Phi) is 1.77. The highest BCUT2D eigenvalue weighted by molar-refractivity contribution is 6.30. The van der Waals surface area contributed by atoms with Crippen molar-refractivity contribution < 1.29 is 4.39 Å². The van der Waals surface area contributed by atoms with Gasteiger partial charge in [0.05, 0.1) is 0 Å². The fourth-order valence-electron chi connectivity index (χ4n) is 1.62. The van der Waals surface area contributed by atoms with E-state index in [0.29, 0.717) is 22.5 Å². The first-order chi connectivity index (χ1) is 7.16. The number of aromatic nitrogens is 3. The first-order valence-corrected chi connectivity index (χ1v) is 5.26. The molecule has 0 N–H and O–H groups in total. The van der Waals surface area contributed by atoms with Gasteiger partial charge in [-0.15, -0.1) is 5.10 Å². The molecular weight excluding hydrogens is 217 g/mol. The molecule has 15 heavy (non-hydrogen) atoms. The number of nitrogens with zero attached hydrogens (tertiary/aromatic N) is 3. The molecule has 0 amide bonds. The molecule has 0 atom stereocenters. The Hall–Kier alpha value is -1.16. The zero-order valence-electron chi connectivity index (χ0n) is 8.17. The molecule has 3 nitrogen and oxygen atoms in total. The predicted octanol–water partition coefficient (Wildman–Crippen LogP) is 2.71. The molecule has 3 rings (SSSR count). The minimum Gasteiger partial charge on any atom is -0.209 e. The highest BCUT2D eigenvalue weighted by Crippen LogP contribution is 2.38. The lowest BCUT2D eigenvalue weighted by molar-refractivity contribution is 0.626. The largest absolute Gasteiger partial charge is 0.209 e. The third-order valence-corrected chi connectivity index (χ3v) is 3.09. The molecule has 5 heteroatoms. The molecule has 1 saturated carbocycles. The number of rotatable bonds is 1. The van der Waals surface area contributed by atoms with E-state index in [4.69, 9.17) is 11.6 Å². The van der Waals surface area contributed by atoms with Gasteiger partial charge in [0.25, 0.3) is 0 Å².